The van der Waals surface area contributed by atoms with Gasteiger partial charge >= 0.3 is 0 Å². The highest BCUT2D eigenvalue weighted by Crippen LogP contribution is 2.36. The number of alkyl halides is 1. The molecule has 0 aliphatic heterocycles. The Morgan fingerprint density at radius 2 is 1.46 bits per heavy atom. The summed E-state index contributed by atoms with van der Waals surface area (Å²) in [6.07, 6.45) is 4.68. The van der Waals surface area contributed by atoms with E-state index in [0.717, 1.165) is 6.42 Å². The normalized spacial score (nSPS) is 13.0. The topological polar surface area (TPSA) is 9.23 Å². The fourth-order valence-electron chi connectivity index (χ4n) is 3.52. The molecule has 0 heterocycles. The average molecular weight is 478 g/mol. The van der Waals surface area contributed by atoms with Crippen molar-refractivity contribution in [1.82, 2.24) is 0 Å². The summed E-state index contributed by atoms with van der Waals surface area (Å²) in [6, 6.07) is 21.7. The Balaban J connectivity index is 2.44. The van der Waals surface area contributed by atoms with Crippen LogP contribution in [0.5, 0.6) is 0 Å². The molecular weight excluding hydrogens is 447 g/mol. The molecule has 2 aromatic rings. The van der Waals surface area contributed by atoms with E-state index in [2.05, 4.69) is 117 Å². The SMILES string of the molecule is C/C(=C\CO[Si](c1ccccc1)(c1ccccc1)C(C)(C)C)CCCI. The zero-order chi connectivity index (χ0) is 19.0. The van der Waals surface area contributed by atoms with Gasteiger partial charge in [-0.1, -0.05) is 116 Å². The van der Waals surface area contributed by atoms with E-state index >= 15 is 0 Å². The lowest BCUT2D eigenvalue weighted by Crippen LogP contribution is -2.66. The largest absolute Gasteiger partial charge is 0.404 e. The van der Waals surface area contributed by atoms with Gasteiger partial charge in [-0.2, -0.15) is 0 Å². The lowest BCUT2D eigenvalue weighted by molar-refractivity contribution is 0.338. The van der Waals surface area contributed by atoms with E-state index < -0.39 is 8.32 Å². The number of hydrogen-bond acceptors (Lipinski definition) is 1. The van der Waals surface area contributed by atoms with E-state index in [-0.39, 0.29) is 5.04 Å². The number of allylic oxidation sites excluding steroid dienone is 1. The van der Waals surface area contributed by atoms with E-state index in [9.17, 15) is 0 Å². The first-order valence-electron chi connectivity index (χ1n) is 9.38. The van der Waals surface area contributed by atoms with Crippen molar-refractivity contribution < 1.29 is 4.43 Å². The molecule has 3 heteroatoms. The number of halogens is 1. The van der Waals surface area contributed by atoms with Crippen molar-refractivity contribution in [1.29, 1.82) is 0 Å². The molecule has 0 saturated carbocycles. The molecule has 0 aromatic heterocycles. The van der Waals surface area contributed by atoms with Crippen LogP contribution in [0.4, 0.5) is 0 Å². The van der Waals surface area contributed by atoms with Crippen LogP contribution < -0.4 is 10.4 Å². The molecule has 0 unspecified atom stereocenters. The van der Waals surface area contributed by atoms with Crippen molar-refractivity contribution in [3.63, 3.8) is 0 Å². The Labute approximate surface area is 174 Å². The minimum absolute atomic E-state index is 0.0413. The van der Waals surface area contributed by atoms with Crippen molar-refractivity contribution in [2.45, 2.75) is 45.6 Å². The highest BCUT2D eigenvalue weighted by atomic mass is 127. The van der Waals surface area contributed by atoms with Gasteiger partial charge in [0.15, 0.2) is 0 Å². The van der Waals surface area contributed by atoms with Gasteiger partial charge in [-0.15, -0.1) is 0 Å². The maximum atomic E-state index is 6.88. The van der Waals surface area contributed by atoms with E-state index in [0.29, 0.717) is 6.61 Å². The summed E-state index contributed by atoms with van der Waals surface area (Å²) in [4.78, 5) is 0. The lowest BCUT2D eigenvalue weighted by Gasteiger charge is -2.42. The quantitative estimate of drug-likeness (QED) is 0.204. The van der Waals surface area contributed by atoms with Gasteiger partial charge < -0.3 is 4.43 Å². The van der Waals surface area contributed by atoms with Crippen molar-refractivity contribution in [2.75, 3.05) is 11.0 Å². The Kier molecular flexibility index (Phi) is 8.11. The number of benzene rings is 2. The Morgan fingerprint density at radius 3 is 1.88 bits per heavy atom. The molecule has 0 amide bonds. The van der Waals surface area contributed by atoms with Crippen LogP contribution in [0.2, 0.25) is 5.04 Å². The van der Waals surface area contributed by atoms with Gasteiger partial charge in [-0.3, -0.25) is 0 Å². The van der Waals surface area contributed by atoms with Crippen LogP contribution in [0.1, 0.15) is 40.5 Å². The van der Waals surface area contributed by atoms with Crippen LogP contribution in [0.25, 0.3) is 0 Å². The van der Waals surface area contributed by atoms with E-state index in [1.54, 1.807) is 0 Å². The minimum atomic E-state index is -2.39. The monoisotopic (exact) mass is 478 g/mol. The summed E-state index contributed by atoms with van der Waals surface area (Å²) in [6.45, 7) is 9.88. The van der Waals surface area contributed by atoms with Crippen LogP contribution in [-0.2, 0) is 4.43 Å². The van der Waals surface area contributed by atoms with E-state index in [4.69, 9.17) is 4.43 Å². The van der Waals surface area contributed by atoms with Gasteiger partial charge in [-0.25, -0.2) is 0 Å². The smallest absolute Gasteiger partial charge is 0.261 e. The molecule has 0 spiro atoms. The molecule has 0 N–H and O–H groups in total. The Hall–Kier alpha value is -0.913. The highest BCUT2D eigenvalue weighted by molar-refractivity contribution is 14.1. The third kappa shape index (κ3) is 5.08. The second-order valence-corrected chi connectivity index (χ2v) is 13.2. The first-order chi connectivity index (χ1) is 12.4. The van der Waals surface area contributed by atoms with Crippen LogP contribution in [-0.4, -0.2) is 19.4 Å². The summed E-state index contributed by atoms with van der Waals surface area (Å²) in [5.74, 6) is 0. The third-order valence-electron chi connectivity index (χ3n) is 4.85. The van der Waals surface area contributed by atoms with Gasteiger partial charge in [0.25, 0.3) is 8.32 Å². The second kappa shape index (κ2) is 9.86. The summed E-state index contributed by atoms with van der Waals surface area (Å²) in [5, 5.41) is 2.73. The Morgan fingerprint density at radius 1 is 0.962 bits per heavy atom. The van der Waals surface area contributed by atoms with Gasteiger partial charge in [0.2, 0.25) is 0 Å². The molecular formula is C23H31IOSi. The molecule has 0 aliphatic carbocycles. The van der Waals surface area contributed by atoms with E-state index in [1.165, 1.54) is 26.8 Å². The van der Waals surface area contributed by atoms with Crippen molar-refractivity contribution in [3.8, 4) is 0 Å². The minimum Gasteiger partial charge on any atom is -0.404 e. The molecule has 0 atom stereocenters. The van der Waals surface area contributed by atoms with Crippen LogP contribution in [0, 0.1) is 0 Å². The summed E-state index contributed by atoms with van der Waals surface area (Å²) >= 11 is 2.45. The number of rotatable bonds is 8. The first-order valence-corrected chi connectivity index (χ1v) is 12.8. The molecule has 0 fully saturated rings. The summed E-state index contributed by atoms with van der Waals surface area (Å²) in [5.41, 5.74) is 1.43. The maximum absolute atomic E-state index is 6.88. The second-order valence-electron chi connectivity index (χ2n) is 7.82. The fraction of sp³-hybridized carbons (Fsp3) is 0.391. The number of hydrogen-bond donors (Lipinski definition) is 0. The van der Waals surface area contributed by atoms with Crippen molar-refractivity contribution in [2.24, 2.45) is 0 Å². The predicted octanol–water partition coefficient (Wildman–Crippen LogP) is 5.72. The van der Waals surface area contributed by atoms with Gasteiger partial charge in [0, 0.05) is 0 Å². The van der Waals surface area contributed by atoms with Gasteiger partial charge in [0.1, 0.15) is 0 Å². The molecule has 2 rings (SSSR count). The molecule has 0 bridgehead atoms. The molecule has 1 nitrogen and oxygen atoms in total. The maximum Gasteiger partial charge on any atom is 0.261 e. The van der Waals surface area contributed by atoms with Gasteiger partial charge in [-0.05, 0) is 39.6 Å². The molecule has 140 valence electrons. The zero-order valence-electron chi connectivity index (χ0n) is 16.5. The van der Waals surface area contributed by atoms with Crippen LogP contribution in [0.15, 0.2) is 72.3 Å². The summed E-state index contributed by atoms with van der Waals surface area (Å²) < 4.78 is 8.08. The predicted molar refractivity (Wildman–Crippen MR) is 125 cm³/mol. The zero-order valence-corrected chi connectivity index (χ0v) is 19.6. The fourth-order valence-corrected chi connectivity index (χ4v) is 8.39. The third-order valence-corrected chi connectivity index (χ3v) is 10.6. The molecule has 0 saturated heterocycles. The summed E-state index contributed by atoms with van der Waals surface area (Å²) in [7, 11) is -2.39. The molecule has 2 aromatic carbocycles. The van der Waals surface area contributed by atoms with Gasteiger partial charge in [0.05, 0.1) is 6.61 Å². The van der Waals surface area contributed by atoms with Crippen LogP contribution in [0.3, 0.4) is 0 Å². The van der Waals surface area contributed by atoms with Crippen molar-refractivity contribution >= 4 is 41.3 Å². The van der Waals surface area contributed by atoms with E-state index in [1.807, 2.05) is 0 Å². The molecule has 0 aliphatic rings. The lowest BCUT2D eigenvalue weighted by atomic mass is 10.2. The average Bonchev–Trinajstić information content (AvgIpc) is 2.64. The first kappa shape index (κ1) is 21.4. The molecule has 0 radical (unpaired) electrons. The molecule has 26 heavy (non-hydrogen) atoms. The van der Waals surface area contributed by atoms with Crippen molar-refractivity contribution in [3.05, 3.63) is 72.3 Å². The van der Waals surface area contributed by atoms with Crippen LogP contribution >= 0.6 is 22.6 Å². The Bertz CT molecular complexity index is 650. The standard InChI is InChI=1S/C23H31IOSi/c1-20(12-11-18-24)17-19-25-26(23(2,3)4,21-13-7-5-8-14-21)22-15-9-6-10-16-22/h5-10,13-17H,11-12,18-19H2,1-4H3/b20-17+. The highest BCUT2D eigenvalue weighted by Gasteiger charge is 2.49.